The number of hydrogen-bond acceptors (Lipinski definition) is 1. The summed E-state index contributed by atoms with van der Waals surface area (Å²) in [7, 11) is 0. The Morgan fingerprint density at radius 3 is 2.18 bits per heavy atom. The van der Waals surface area contributed by atoms with Crippen LogP contribution < -0.4 is 5.12 Å². The number of aryl methyl sites for hydroxylation is 2. The largest absolute Gasteiger partial charge is 0.207 e. The Labute approximate surface area is 100 Å². The highest BCUT2D eigenvalue weighted by molar-refractivity contribution is 5.53. The predicted octanol–water partition coefficient (Wildman–Crippen LogP) is 3.68. The van der Waals surface area contributed by atoms with Crippen molar-refractivity contribution in [1.29, 1.82) is 0 Å². The van der Waals surface area contributed by atoms with E-state index < -0.39 is 0 Å². The number of benzene rings is 2. The summed E-state index contributed by atoms with van der Waals surface area (Å²) in [4.78, 5) is 0. The zero-order chi connectivity index (χ0) is 11.7. The number of fused-ring (bicyclic) bond motifs is 2. The van der Waals surface area contributed by atoms with Crippen molar-refractivity contribution < 1.29 is 4.48 Å². The van der Waals surface area contributed by atoms with Crippen LogP contribution in [0.1, 0.15) is 16.7 Å². The lowest BCUT2D eigenvalue weighted by Gasteiger charge is -2.22. The molecular formula is C15H14FN. The van der Waals surface area contributed by atoms with E-state index in [0.29, 0.717) is 12.2 Å². The van der Waals surface area contributed by atoms with Crippen molar-refractivity contribution in [3.8, 4) is 0 Å². The number of anilines is 1. The monoisotopic (exact) mass is 227 g/mol. The fourth-order valence-electron chi connectivity index (χ4n) is 2.42. The summed E-state index contributed by atoms with van der Waals surface area (Å²) in [5, 5.41) is 0.854. The Hall–Kier alpha value is -1.83. The van der Waals surface area contributed by atoms with Crippen molar-refractivity contribution in [3.63, 3.8) is 0 Å². The van der Waals surface area contributed by atoms with Crippen molar-refractivity contribution in [2.45, 2.75) is 19.4 Å². The van der Waals surface area contributed by atoms with Gasteiger partial charge in [-0.15, -0.1) is 0 Å². The molecule has 2 aromatic carbocycles. The van der Waals surface area contributed by atoms with Gasteiger partial charge in [-0.05, 0) is 35.6 Å². The van der Waals surface area contributed by atoms with E-state index >= 15 is 0 Å². The van der Waals surface area contributed by atoms with Crippen LogP contribution in [-0.4, -0.2) is 0 Å². The quantitative estimate of drug-likeness (QED) is 0.621. The van der Waals surface area contributed by atoms with Gasteiger partial charge in [0.2, 0.25) is 0 Å². The Morgan fingerprint density at radius 1 is 0.765 bits per heavy atom. The van der Waals surface area contributed by atoms with Crippen LogP contribution in [0.4, 0.5) is 10.2 Å². The fourth-order valence-corrected chi connectivity index (χ4v) is 2.42. The Morgan fingerprint density at radius 2 is 1.35 bits per heavy atom. The van der Waals surface area contributed by atoms with E-state index in [9.17, 15) is 4.48 Å². The SMILES string of the molecule is FN1Cc2ccccc2CCc2ccccc21. The second kappa shape index (κ2) is 4.21. The average Bonchev–Trinajstić information content (AvgIpc) is 2.36. The molecule has 2 heteroatoms. The highest BCUT2D eigenvalue weighted by Gasteiger charge is 2.16. The van der Waals surface area contributed by atoms with Crippen molar-refractivity contribution in [2.75, 3.05) is 5.12 Å². The summed E-state index contributed by atoms with van der Waals surface area (Å²) < 4.78 is 14.1. The van der Waals surface area contributed by atoms with Crippen LogP contribution >= 0.6 is 0 Å². The second-order valence-corrected chi connectivity index (χ2v) is 4.42. The van der Waals surface area contributed by atoms with Gasteiger partial charge in [-0.3, -0.25) is 0 Å². The van der Waals surface area contributed by atoms with Gasteiger partial charge in [0.1, 0.15) is 0 Å². The summed E-state index contributed by atoms with van der Waals surface area (Å²) in [6.07, 6.45) is 1.88. The molecule has 3 rings (SSSR count). The lowest BCUT2D eigenvalue weighted by atomic mass is 9.96. The van der Waals surface area contributed by atoms with Gasteiger partial charge in [0, 0.05) is 0 Å². The summed E-state index contributed by atoms with van der Waals surface area (Å²) in [5.74, 6) is 0. The molecule has 0 fully saturated rings. The molecule has 0 atom stereocenters. The first-order valence-electron chi connectivity index (χ1n) is 5.92. The number of rotatable bonds is 0. The van der Waals surface area contributed by atoms with Gasteiger partial charge in [-0.25, -0.2) is 5.12 Å². The second-order valence-electron chi connectivity index (χ2n) is 4.42. The summed E-state index contributed by atoms with van der Waals surface area (Å²) in [5.41, 5.74) is 4.14. The van der Waals surface area contributed by atoms with Gasteiger partial charge in [0.15, 0.2) is 0 Å². The Balaban J connectivity index is 2.03. The van der Waals surface area contributed by atoms with E-state index in [2.05, 4.69) is 6.07 Å². The maximum Gasteiger partial charge on any atom is 0.0759 e. The molecule has 86 valence electrons. The smallest absolute Gasteiger partial charge is 0.0759 e. The number of para-hydroxylation sites is 1. The number of nitrogens with zero attached hydrogens (tertiary/aromatic N) is 1. The topological polar surface area (TPSA) is 3.24 Å². The van der Waals surface area contributed by atoms with Crippen LogP contribution in [0.5, 0.6) is 0 Å². The molecular weight excluding hydrogens is 213 g/mol. The molecule has 1 nitrogen and oxygen atoms in total. The van der Waals surface area contributed by atoms with Crippen molar-refractivity contribution in [1.82, 2.24) is 0 Å². The molecule has 0 amide bonds. The van der Waals surface area contributed by atoms with Gasteiger partial charge >= 0.3 is 0 Å². The van der Waals surface area contributed by atoms with E-state index in [1.165, 1.54) is 5.56 Å². The van der Waals surface area contributed by atoms with Gasteiger partial charge in [0.05, 0.1) is 12.2 Å². The highest BCUT2D eigenvalue weighted by Crippen LogP contribution is 2.28. The van der Waals surface area contributed by atoms with Gasteiger partial charge < -0.3 is 0 Å². The van der Waals surface area contributed by atoms with Crippen LogP contribution in [0.2, 0.25) is 0 Å². The van der Waals surface area contributed by atoms with Crippen molar-refractivity contribution in [2.24, 2.45) is 0 Å². The zero-order valence-electron chi connectivity index (χ0n) is 9.57. The molecule has 0 aromatic heterocycles. The van der Waals surface area contributed by atoms with Crippen molar-refractivity contribution >= 4 is 5.69 Å². The molecule has 1 aliphatic rings. The zero-order valence-corrected chi connectivity index (χ0v) is 9.57. The van der Waals surface area contributed by atoms with Crippen LogP contribution in [0, 0.1) is 0 Å². The van der Waals surface area contributed by atoms with Crippen molar-refractivity contribution in [3.05, 3.63) is 65.2 Å². The van der Waals surface area contributed by atoms with E-state index in [1.54, 1.807) is 0 Å². The van der Waals surface area contributed by atoms with Crippen LogP contribution in [0.15, 0.2) is 48.5 Å². The average molecular weight is 227 g/mol. The van der Waals surface area contributed by atoms with E-state index in [0.717, 1.165) is 29.1 Å². The first-order valence-corrected chi connectivity index (χ1v) is 5.92. The molecule has 0 aliphatic carbocycles. The molecule has 2 aromatic rings. The maximum atomic E-state index is 14.1. The van der Waals surface area contributed by atoms with Gasteiger partial charge in [-0.2, -0.15) is 0 Å². The highest BCUT2D eigenvalue weighted by atomic mass is 19.2. The predicted molar refractivity (Wildman–Crippen MR) is 67.6 cm³/mol. The van der Waals surface area contributed by atoms with Crippen LogP contribution in [0.3, 0.4) is 0 Å². The molecule has 0 N–H and O–H groups in total. The molecule has 0 saturated heterocycles. The van der Waals surface area contributed by atoms with Crippen LogP contribution in [-0.2, 0) is 19.4 Å². The Kier molecular flexibility index (Phi) is 2.56. The van der Waals surface area contributed by atoms with Gasteiger partial charge in [0.25, 0.3) is 0 Å². The minimum Gasteiger partial charge on any atom is -0.207 e. The standard InChI is InChI=1S/C15H14FN/c16-17-11-14-7-2-1-5-12(14)9-10-13-6-3-4-8-15(13)17/h1-8H,9-11H2. The third kappa shape index (κ3) is 1.91. The molecule has 0 saturated carbocycles. The molecule has 0 spiro atoms. The molecule has 0 unspecified atom stereocenters. The maximum absolute atomic E-state index is 14.1. The Bertz CT molecular complexity index is 536. The minimum absolute atomic E-state index is 0.340. The third-order valence-corrected chi connectivity index (χ3v) is 3.34. The fraction of sp³-hybridized carbons (Fsp3) is 0.200. The molecule has 1 heterocycles. The third-order valence-electron chi connectivity index (χ3n) is 3.34. The lowest BCUT2D eigenvalue weighted by Crippen LogP contribution is -2.17. The van der Waals surface area contributed by atoms with Gasteiger partial charge in [-0.1, -0.05) is 46.9 Å². The van der Waals surface area contributed by atoms with E-state index in [1.807, 2.05) is 42.5 Å². The number of hydrogen-bond donors (Lipinski definition) is 0. The first-order chi connectivity index (χ1) is 8.34. The summed E-state index contributed by atoms with van der Waals surface area (Å²) in [6, 6.07) is 15.8. The van der Waals surface area contributed by atoms with E-state index in [4.69, 9.17) is 0 Å². The number of halogens is 1. The molecule has 0 radical (unpaired) electrons. The first kappa shape index (κ1) is 10.3. The summed E-state index contributed by atoms with van der Waals surface area (Å²) >= 11 is 0. The summed E-state index contributed by atoms with van der Waals surface area (Å²) in [6.45, 7) is 0.340. The molecule has 0 bridgehead atoms. The van der Waals surface area contributed by atoms with E-state index in [-0.39, 0.29) is 0 Å². The molecule has 1 aliphatic heterocycles. The minimum atomic E-state index is 0.340. The normalized spacial score (nSPS) is 14.5. The van der Waals surface area contributed by atoms with Crippen LogP contribution in [0.25, 0.3) is 0 Å². The lowest BCUT2D eigenvalue weighted by molar-refractivity contribution is 0.425. The molecule has 17 heavy (non-hydrogen) atoms.